The van der Waals surface area contributed by atoms with Gasteiger partial charge in [0.2, 0.25) is 0 Å². The zero-order valence-corrected chi connectivity index (χ0v) is 10.9. The number of esters is 1. The van der Waals surface area contributed by atoms with Crippen LogP contribution in [0.25, 0.3) is 0 Å². The van der Waals surface area contributed by atoms with Crippen molar-refractivity contribution in [3.63, 3.8) is 0 Å². The largest absolute Gasteiger partial charge is 0.458 e. The van der Waals surface area contributed by atoms with Gasteiger partial charge >= 0.3 is 5.97 Å². The topological polar surface area (TPSA) is 46.5 Å². The minimum Gasteiger partial charge on any atom is -0.458 e. The maximum atomic E-state index is 11.7. The Morgan fingerprint density at radius 3 is 3.00 bits per heavy atom. The van der Waals surface area contributed by atoms with Crippen LogP contribution in [-0.2, 0) is 9.53 Å². The van der Waals surface area contributed by atoms with Crippen molar-refractivity contribution in [1.82, 2.24) is 0 Å². The highest BCUT2D eigenvalue weighted by Gasteiger charge is 2.56. The van der Waals surface area contributed by atoms with Crippen LogP contribution in [0.4, 0.5) is 0 Å². The Kier molecular flexibility index (Phi) is 2.46. The molecule has 3 aliphatic rings. The fraction of sp³-hybridized carbons (Fsp3) is 0.667. The van der Waals surface area contributed by atoms with Crippen molar-refractivity contribution in [2.75, 3.05) is 0 Å². The Morgan fingerprint density at radius 2 is 2.28 bits per heavy atom. The molecule has 3 rings (SSSR count). The predicted octanol–water partition coefficient (Wildman–Crippen LogP) is 2.07. The Bertz CT molecular complexity index is 439. The van der Waals surface area contributed by atoms with Gasteiger partial charge in [-0.15, -0.1) is 0 Å². The van der Waals surface area contributed by atoms with E-state index in [2.05, 4.69) is 19.6 Å². The van der Waals surface area contributed by atoms with Gasteiger partial charge in [0.25, 0.3) is 0 Å². The summed E-state index contributed by atoms with van der Waals surface area (Å²) in [6, 6.07) is 0. The van der Waals surface area contributed by atoms with Gasteiger partial charge in [-0.2, -0.15) is 0 Å². The lowest BCUT2D eigenvalue weighted by molar-refractivity contribution is -0.149. The molecule has 2 aliphatic carbocycles. The second kappa shape index (κ2) is 3.70. The minimum atomic E-state index is -0.436. The molecule has 18 heavy (non-hydrogen) atoms. The first-order valence-corrected chi connectivity index (χ1v) is 6.71. The Balaban J connectivity index is 2.00. The third kappa shape index (κ3) is 1.43. The lowest BCUT2D eigenvalue weighted by Crippen LogP contribution is -2.50. The molecule has 1 saturated carbocycles. The number of ether oxygens (including phenoxy) is 1. The van der Waals surface area contributed by atoms with Gasteiger partial charge in [0.15, 0.2) is 0 Å². The summed E-state index contributed by atoms with van der Waals surface area (Å²) in [6.07, 6.45) is 5.46. The van der Waals surface area contributed by atoms with Crippen LogP contribution in [0, 0.1) is 23.2 Å². The molecule has 0 aromatic carbocycles. The molecule has 0 spiro atoms. The SMILES string of the molecule is C=C1C(=O)O[C@@H]2[C@H]3[C@H](C)[C@@H](O)C=C[C@]3(C)CC[C@@H]12. The predicted molar refractivity (Wildman–Crippen MR) is 67.7 cm³/mol. The van der Waals surface area contributed by atoms with Gasteiger partial charge in [0.1, 0.15) is 6.10 Å². The smallest absolute Gasteiger partial charge is 0.334 e. The number of hydrogen-bond donors (Lipinski definition) is 1. The average Bonchev–Trinajstić information content (AvgIpc) is 2.60. The Labute approximate surface area is 108 Å². The summed E-state index contributed by atoms with van der Waals surface area (Å²) in [5.74, 6) is 0.216. The standard InChI is InChI=1S/C15H20O3/c1-8-10-4-6-15(3)7-5-11(16)9(2)12(15)13(10)18-14(8)17/h5,7,9-13,16H,1,4,6H2,2-3H3/t9-,10+,11+,12-,13+,15+/m1/s1. The summed E-state index contributed by atoms with van der Waals surface area (Å²) in [5.41, 5.74) is 0.656. The first kappa shape index (κ1) is 12.0. The summed E-state index contributed by atoms with van der Waals surface area (Å²) in [7, 11) is 0. The third-order valence-electron chi connectivity index (χ3n) is 5.24. The van der Waals surface area contributed by atoms with E-state index in [1.807, 2.05) is 13.0 Å². The van der Waals surface area contributed by atoms with Crippen molar-refractivity contribution in [2.45, 2.75) is 38.9 Å². The van der Waals surface area contributed by atoms with E-state index < -0.39 is 6.10 Å². The van der Waals surface area contributed by atoms with Gasteiger partial charge in [-0.05, 0) is 24.2 Å². The summed E-state index contributed by atoms with van der Waals surface area (Å²) in [5, 5.41) is 10.0. The maximum absolute atomic E-state index is 11.7. The number of rotatable bonds is 0. The molecule has 0 bridgehead atoms. The quantitative estimate of drug-likeness (QED) is 0.405. The van der Waals surface area contributed by atoms with E-state index in [0.717, 1.165) is 12.8 Å². The number of hydrogen-bond acceptors (Lipinski definition) is 3. The Hall–Kier alpha value is -1.09. The van der Waals surface area contributed by atoms with Crippen LogP contribution >= 0.6 is 0 Å². The highest BCUT2D eigenvalue weighted by Crippen LogP contribution is 2.55. The number of carbonyl (C=O) groups is 1. The summed E-state index contributed by atoms with van der Waals surface area (Å²) in [6.45, 7) is 8.13. The monoisotopic (exact) mass is 248 g/mol. The van der Waals surface area contributed by atoms with Gasteiger partial charge < -0.3 is 9.84 Å². The second-order valence-corrected chi connectivity index (χ2v) is 6.28. The first-order chi connectivity index (χ1) is 8.44. The molecule has 2 fully saturated rings. The second-order valence-electron chi connectivity index (χ2n) is 6.28. The number of allylic oxidation sites excluding steroid dienone is 1. The minimum absolute atomic E-state index is 0.0325. The molecule has 3 nitrogen and oxygen atoms in total. The molecule has 0 aromatic heterocycles. The molecule has 98 valence electrons. The summed E-state index contributed by atoms with van der Waals surface area (Å²) >= 11 is 0. The molecule has 1 aliphatic heterocycles. The molecular formula is C15H20O3. The van der Waals surface area contributed by atoms with Gasteiger partial charge in [-0.1, -0.05) is 32.6 Å². The maximum Gasteiger partial charge on any atom is 0.334 e. The van der Waals surface area contributed by atoms with Crippen molar-refractivity contribution in [3.8, 4) is 0 Å². The average molecular weight is 248 g/mol. The van der Waals surface area contributed by atoms with Gasteiger partial charge in [-0.25, -0.2) is 4.79 Å². The molecule has 0 amide bonds. The fourth-order valence-electron chi connectivity index (χ4n) is 4.10. The number of fused-ring (bicyclic) bond motifs is 3. The van der Waals surface area contributed by atoms with E-state index in [-0.39, 0.29) is 35.2 Å². The lowest BCUT2D eigenvalue weighted by Gasteiger charge is -2.50. The molecule has 0 radical (unpaired) electrons. The van der Waals surface area contributed by atoms with Gasteiger partial charge in [-0.3, -0.25) is 0 Å². The Morgan fingerprint density at radius 1 is 1.56 bits per heavy atom. The van der Waals surface area contributed by atoms with Crippen LogP contribution in [-0.4, -0.2) is 23.3 Å². The van der Waals surface area contributed by atoms with Crippen molar-refractivity contribution < 1.29 is 14.6 Å². The van der Waals surface area contributed by atoms with E-state index in [4.69, 9.17) is 4.74 Å². The van der Waals surface area contributed by atoms with E-state index in [1.54, 1.807) is 0 Å². The van der Waals surface area contributed by atoms with Crippen LogP contribution < -0.4 is 0 Å². The number of carbonyl (C=O) groups excluding carboxylic acids is 1. The van der Waals surface area contributed by atoms with Crippen molar-refractivity contribution in [2.24, 2.45) is 23.2 Å². The van der Waals surface area contributed by atoms with E-state index in [1.165, 1.54) is 0 Å². The van der Waals surface area contributed by atoms with Crippen LogP contribution in [0.2, 0.25) is 0 Å². The van der Waals surface area contributed by atoms with Crippen LogP contribution in [0.3, 0.4) is 0 Å². The van der Waals surface area contributed by atoms with E-state index >= 15 is 0 Å². The van der Waals surface area contributed by atoms with Crippen molar-refractivity contribution >= 4 is 5.97 Å². The van der Waals surface area contributed by atoms with E-state index in [9.17, 15) is 9.90 Å². The van der Waals surface area contributed by atoms with Crippen molar-refractivity contribution in [1.29, 1.82) is 0 Å². The number of aliphatic hydroxyl groups excluding tert-OH is 1. The highest BCUT2D eigenvalue weighted by molar-refractivity contribution is 5.90. The molecule has 1 heterocycles. The lowest BCUT2D eigenvalue weighted by atomic mass is 9.55. The van der Waals surface area contributed by atoms with Crippen LogP contribution in [0.5, 0.6) is 0 Å². The molecule has 0 aromatic rings. The molecule has 1 N–H and O–H groups in total. The summed E-state index contributed by atoms with van der Waals surface area (Å²) in [4.78, 5) is 11.7. The molecule has 6 atom stereocenters. The number of aliphatic hydroxyl groups is 1. The molecule has 3 heteroatoms. The normalized spacial score (nSPS) is 50.7. The first-order valence-electron chi connectivity index (χ1n) is 6.71. The zero-order chi connectivity index (χ0) is 13.1. The highest BCUT2D eigenvalue weighted by atomic mass is 16.6. The summed E-state index contributed by atoms with van der Waals surface area (Å²) < 4.78 is 5.55. The van der Waals surface area contributed by atoms with E-state index in [0.29, 0.717) is 5.57 Å². The molecule has 0 unspecified atom stereocenters. The molecule has 1 saturated heterocycles. The van der Waals surface area contributed by atoms with Crippen molar-refractivity contribution in [3.05, 3.63) is 24.3 Å². The van der Waals surface area contributed by atoms with Crippen LogP contribution in [0.15, 0.2) is 24.3 Å². The third-order valence-corrected chi connectivity index (χ3v) is 5.24. The molecular weight excluding hydrogens is 228 g/mol. The van der Waals surface area contributed by atoms with Gasteiger partial charge in [0, 0.05) is 17.4 Å². The van der Waals surface area contributed by atoms with Gasteiger partial charge in [0.05, 0.1) is 6.10 Å². The fourth-order valence-corrected chi connectivity index (χ4v) is 4.10. The zero-order valence-electron chi connectivity index (χ0n) is 10.9. The van der Waals surface area contributed by atoms with Crippen LogP contribution in [0.1, 0.15) is 26.7 Å².